The maximum absolute atomic E-state index is 11.2. The van der Waals surface area contributed by atoms with E-state index in [0.29, 0.717) is 18.6 Å². The van der Waals surface area contributed by atoms with E-state index in [4.69, 9.17) is 0 Å². The van der Waals surface area contributed by atoms with Crippen molar-refractivity contribution in [1.29, 1.82) is 0 Å². The molecule has 0 radical (unpaired) electrons. The Hall–Kier alpha value is -0.900. The summed E-state index contributed by atoms with van der Waals surface area (Å²) in [5, 5.41) is 0. The highest BCUT2D eigenvalue weighted by molar-refractivity contribution is 5.84. The van der Waals surface area contributed by atoms with Crippen LogP contribution in [0.5, 0.6) is 0 Å². The first-order valence-corrected chi connectivity index (χ1v) is 5.39. The number of aliphatic imine (C=N–C) groups is 1. The lowest BCUT2D eigenvalue weighted by Gasteiger charge is -2.32. The normalized spacial score (nSPS) is 28.8. The zero-order valence-electron chi connectivity index (χ0n) is 10.6. The number of rotatable bonds is 2. The van der Waals surface area contributed by atoms with E-state index < -0.39 is 0 Å². The Morgan fingerprint density at radius 1 is 1.47 bits per heavy atom. The fourth-order valence-electron chi connectivity index (χ4n) is 1.81. The Balaban J connectivity index is 2.79. The zero-order chi connectivity index (χ0) is 11.8. The summed E-state index contributed by atoms with van der Waals surface area (Å²) in [5.41, 5.74) is 0. The molecule has 0 spiro atoms. The highest BCUT2D eigenvalue weighted by Crippen LogP contribution is 2.22. The fourth-order valence-corrected chi connectivity index (χ4v) is 1.81. The summed E-state index contributed by atoms with van der Waals surface area (Å²) in [7, 11) is 6.13. The average molecular weight is 212 g/mol. The summed E-state index contributed by atoms with van der Waals surface area (Å²) in [5.74, 6) is 1.18. The Labute approximate surface area is 92.2 Å². The van der Waals surface area contributed by atoms with Gasteiger partial charge in [0.2, 0.25) is 11.7 Å². The smallest absolute Gasteiger partial charge is 0.219 e. The molecule has 0 saturated heterocycles. The molecule has 0 saturated carbocycles. The van der Waals surface area contributed by atoms with E-state index in [1.165, 1.54) is 0 Å². The SMILES string of the molecule is CC(=O)N(C)CC1=NC(C)C(C)[N+]1(C)C. The van der Waals surface area contributed by atoms with Crippen LogP contribution in [0.4, 0.5) is 0 Å². The summed E-state index contributed by atoms with van der Waals surface area (Å²) < 4.78 is 0.790. The Bertz CT molecular complexity index is 296. The number of quaternary nitrogens is 1. The molecule has 0 aromatic heterocycles. The van der Waals surface area contributed by atoms with Gasteiger partial charge in [0, 0.05) is 14.0 Å². The second-order valence-electron chi connectivity index (χ2n) is 4.94. The molecule has 1 heterocycles. The van der Waals surface area contributed by atoms with Crippen LogP contribution in [-0.4, -0.2) is 60.9 Å². The third kappa shape index (κ3) is 2.20. The molecular formula is C11H22N3O+. The quantitative estimate of drug-likeness (QED) is 0.621. The Kier molecular flexibility index (Phi) is 3.19. The van der Waals surface area contributed by atoms with Crippen LogP contribution in [-0.2, 0) is 4.79 Å². The van der Waals surface area contributed by atoms with Crippen molar-refractivity contribution in [3.63, 3.8) is 0 Å². The van der Waals surface area contributed by atoms with E-state index in [9.17, 15) is 4.79 Å². The summed E-state index contributed by atoms with van der Waals surface area (Å²) in [4.78, 5) is 17.5. The molecule has 2 unspecified atom stereocenters. The number of likely N-dealkylation sites (N-methyl/N-ethyl adjacent to an activating group) is 2. The average Bonchev–Trinajstić information content (AvgIpc) is 2.30. The first kappa shape index (κ1) is 12.2. The maximum Gasteiger partial charge on any atom is 0.219 e. The largest absolute Gasteiger partial charge is 0.334 e. The van der Waals surface area contributed by atoms with Gasteiger partial charge in [-0.25, -0.2) is 4.99 Å². The molecule has 15 heavy (non-hydrogen) atoms. The molecule has 0 aromatic carbocycles. The minimum absolute atomic E-state index is 0.0879. The van der Waals surface area contributed by atoms with E-state index in [0.717, 1.165) is 10.3 Å². The van der Waals surface area contributed by atoms with Crippen molar-refractivity contribution >= 4 is 11.7 Å². The number of carbonyl (C=O) groups is 1. The van der Waals surface area contributed by atoms with E-state index in [1.807, 2.05) is 7.05 Å². The van der Waals surface area contributed by atoms with Crippen molar-refractivity contribution in [2.24, 2.45) is 4.99 Å². The standard InChI is InChI=1S/C11H22N3O/c1-8-9(2)14(5,6)11(12-8)7-13(4)10(3)15/h8-9H,7H2,1-6H3/q+1. The summed E-state index contributed by atoms with van der Waals surface area (Å²) in [6.07, 6.45) is 0. The topological polar surface area (TPSA) is 32.7 Å². The highest BCUT2D eigenvalue weighted by atomic mass is 16.2. The summed E-state index contributed by atoms with van der Waals surface area (Å²) in [6, 6.07) is 0.829. The molecule has 0 aromatic rings. The molecule has 0 fully saturated rings. The number of carbonyl (C=O) groups excluding carboxylic acids is 1. The molecule has 2 atom stereocenters. The van der Waals surface area contributed by atoms with Crippen LogP contribution >= 0.6 is 0 Å². The maximum atomic E-state index is 11.2. The van der Waals surface area contributed by atoms with Gasteiger partial charge in [0.05, 0.1) is 14.1 Å². The number of hydrogen-bond donors (Lipinski definition) is 0. The zero-order valence-corrected chi connectivity index (χ0v) is 10.6. The van der Waals surface area contributed by atoms with Gasteiger partial charge < -0.3 is 4.90 Å². The number of amidine groups is 1. The van der Waals surface area contributed by atoms with Gasteiger partial charge >= 0.3 is 0 Å². The van der Waals surface area contributed by atoms with Gasteiger partial charge in [0.15, 0.2) is 0 Å². The van der Waals surface area contributed by atoms with Crippen molar-refractivity contribution in [2.45, 2.75) is 32.9 Å². The molecule has 0 aliphatic carbocycles. The molecule has 86 valence electrons. The molecule has 4 heteroatoms. The second-order valence-corrected chi connectivity index (χ2v) is 4.94. The minimum atomic E-state index is 0.0879. The van der Waals surface area contributed by atoms with Crippen molar-refractivity contribution in [3.05, 3.63) is 0 Å². The third-order valence-corrected chi connectivity index (χ3v) is 3.65. The molecule has 0 bridgehead atoms. The lowest BCUT2D eigenvalue weighted by Crippen LogP contribution is -2.53. The van der Waals surface area contributed by atoms with Gasteiger partial charge in [-0.05, 0) is 13.8 Å². The van der Waals surface area contributed by atoms with Crippen LogP contribution in [0.15, 0.2) is 4.99 Å². The molecule has 4 nitrogen and oxygen atoms in total. The molecule has 1 aliphatic rings. The summed E-state index contributed by atoms with van der Waals surface area (Å²) in [6.45, 7) is 6.56. The molecule has 1 aliphatic heterocycles. The van der Waals surface area contributed by atoms with E-state index in [-0.39, 0.29) is 5.91 Å². The molecule has 1 rings (SSSR count). The van der Waals surface area contributed by atoms with E-state index in [1.54, 1.807) is 11.8 Å². The first-order valence-electron chi connectivity index (χ1n) is 5.39. The predicted octanol–water partition coefficient (Wildman–Crippen LogP) is 0.730. The molecular weight excluding hydrogens is 190 g/mol. The van der Waals surface area contributed by atoms with Crippen molar-refractivity contribution in [1.82, 2.24) is 4.90 Å². The first-order chi connectivity index (χ1) is 6.76. The van der Waals surface area contributed by atoms with Gasteiger partial charge in [-0.1, -0.05) is 0 Å². The second kappa shape index (κ2) is 3.93. The predicted molar refractivity (Wildman–Crippen MR) is 61.8 cm³/mol. The number of nitrogens with zero attached hydrogens (tertiary/aromatic N) is 3. The fraction of sp³-hybridized carbons (Fsp3) is 0.818. The number of amides is 1. The van der Waals surface area contributed by atoms with E-state index >= 15 is 0 Å². The van der Waals surface area contributed by atoms with E-state index in [2.05, 4.69) is 32.9 Å². The van der Waals surface area contributed by atoms with Crippen molar-refractivity contribution in [2.75, 3.05) is 27.7 Å². The lowest BCUT2D eigenvalue weighted by atomic mass is 10.1. The lowest BCUT2D eigenvalue weighted by molar-refractivity contribution is -0.820. The van der Waals surface area contributed by atoms with Crippen LogP contribution in [0.1, 0.15) is 20.8 Å². The van der Waals surface area contributed by atoms with Gasteiger partial charge in [-0.15, -0.1) is 0 Å². The summed E-state index contributed by atoms with van der Waals surface area (Å²) >= 11 is 0. The monoisotopic (exact) mass is 212 g/mol. The van der Waals surface area contributed by atoms with Gasteiger partial charge in [-0.2, -0.15) is 0 Å². The Morgan fingerprint density at radius 2 is 2.00 bits per heavy atom. The third-order valence-electron chi connectivity index (χ3n) is 3.65. The van der Waals surface area contributed by atoms with Crippen LogP contribution in [0.3, 0.4) is 0 Å². The van der Waals surface area contributed by atoms with Crippen LogP contribution in [0, 0.1) is 0 Å². The highest BCUT2D eigenvalue weighted by Gasteiger charge is 2.41. The number of hydrogen-bond acceptors (Lipinski definition) is 2. The minimum Gasteiger partial charge on any atom is -0.334 e. The Morgan fingerprint density at radius 3 is 2.33 bits per heavy atom. The van der Waals surface area contributed by atoms with Crippen molar-refractivity contribution in [3.8, 4) is 0 Å². The van der Waals surface area contributed by atoms with Crippen LogP contribution < -0.4 is 0 Å². The molecule has 1 amide bonds. The molecule has 0 N–H and O–H groups in total. The van der Waals surface area contributed by atoms with Gasteiger partial charge in [-0.3, -0.25) is 9.28 Å². The van der Waals surface area contributed by atoms with Crippen LogP contribution in [0.2, 0.25) is 0 Å². The van der Waals surface area contributed by atoms with Crippen LogP contribution in [0.25, 0.3) is 0 Å². The van der Waals surface area contributed by atoms with Gasteiger partial charge in [0.25, 0.3) is 0 Å². The van der Waals surface area contributed by atoms with Crippen molar-refractivity contribution < 1.29 is 9.28 Å². The van der Waals surface area contributed by atoms with Gasteiger partial charge in [0.1, 0.15) is 18.6 Å².